The summed E-state index contributed by atoms with van der Waals surface area (Å²) in [4.78, 5) is 104. The highest BCUT2D eigenvalue weighted by atomic mass is 33.1. The molecule has 6 fully saturated rings. The van der Waals surface area contributed by atoms with Crippen molar-refractivity contribution in [2.75, 3.05) is 142 Å². The first-order valence-electron chi connectivity index (χ1n) is 22.2. The third-order valence-corrected chi connectivity index (χ3v) is 18.4. The van der Waals surface area contributed by atoms with Crippen molar-refractivity contribution >= 4 is 168 Å². The van der Waals surface area contributed by atoms with Gasteiger partial charge >= 0.3 is 36.2 Å². The molecule has 0 bridgehead atoms. The van der Waals surface area contributed by atoms with E-state index in [1.807, 2.05) is 26.5 Å². The number of nitrogens with zero attached hydrogens (tertiary/aromatic N) is 12. The fraction of sp³-hybridized carbons (Fsp3) is 0.838. The van der Waals surface area contributed by atoms with Crippen LogP contribution >= 0.6 is 132 Å². The van der Waals surface area contributed by atoms with Gasteiger partial charge in [-0.3, -0.25) is 53.9 Å². The molecule has 0 spiro atoms. The number of urea groups is 6. The van der Waals surface area contributed by atoms with E-state index in [-0.39, 0.29) is 42.4 Å². The number of carbonyl (C=O) groups excluding carboxylic acids is 6. The van der Waals surface area contributed by atoms with Crippen LogP contribution in [0.2, 0.25) is 0 Å². The van der Waals surface area contributed by atoms with Crippen molar-refractivity contribution < 1.29 is 28.8 Å². The van der Waals surface area contributed by atoms with Crippen LogP contribution in [0.1, 0.15) is 13.3 Å². The van der Waals surface area contributed by atoms with Crippen LogP contribution in [-0.2, 0) is 0 Å². The topological polar surface area (TPSA) is 141 Å². The highest BCUT2D eigenvalue weighted by molar-refractivity contribution is 8.77. The van der Waals surface area contributed by atoms with Gasteiger partial charge < -0.3 is 4.90 Å². The maximum absolute atomic E-state index is 14.1. The third-order valence-electron chi connectivity index (χ3n) is 12.3. The van der Waals surface area contributed by atoms with Gasteiger partial charge in [-0.25, -0.2) is 28.8 Å². The Morgan fingerprint density at radius 1 is 0.288 bits per heavy atom. The first-order valence-corrected chi connectivity index (χ1v) is 31.6. The van der Waals surface area contributed by atoms with Gasteiger partial charge in [-0.15, -0.1) is 0 Å². The lowest BCUT2D eigenvalue weighted by Gasteiger charge is -2.30. The zero-order chi connectivity index (χ0) is 47.7. The van der Waals surface area contributed by atoms with E-state index in [2.05, 4.69) is 88.4 Å². The second kappa shape index (κ2) is 26.2. The Morgan fingerprint density at radius 3 is 0.591 bits per heavy atom. The maximum atomic E-state index is 14.1. The van der Waals surface area contributed by atoms with Crippen molar-refractivity contribution in [3.05, 3.63) is 0 Å². The summed E-state index contributed by atoms with van der Waals surface area (Å²) in [5.74, 6) is 5.69. The van der Waals surface area contributed by atoms with Crippen LogP contribution in [0.3, 0.4) is 0 Å². The summed E-state index contributed by atoms with van der Waals surface area (Å²) in [5, 5.41) is 0. The Morgan fingerprint density at radius 2 is 0.439 bits per heavy atom. The molecule has 6 heterocycles. The second-order valence-corrected chi connectivity index (χ2v) is 24.4. The maximum Gasteiger partial charge on any atom is 0.323 e. The van der Waals surface area contributed by atoms with Gasteiger partial charge in [0.25, 0.3) is 0 Å². The molecule has 0 N–H and O–H groups in total. The molecule has 0 saturated carbocycles. The zero-order valence-corrected chi connectivity index (χ0v) is 46.5. The highest BCUT2D eigenvalue weighted by Crippen LogP contribution is 2.40. The summed E-state index contributed by atoms with van der Waals surface area (Å²) in [6.45, 7) is 7.21. The minimum atomic E-state index is -0.489. The summed E-state index contributed by atoms with van der Waals surface area (Å²) in [7, 11) is 6.45. The molecule has 6 atom stereocenters. The largest absolute Gasteiger partial charge is 0.323 e. The van der Waals surface area contributed by atoms with Crippen molar-refractivity contribution in [1.29, 1.82) is 0 Å². The van der Waals surface area contributed by atoms with Crippen LogP contribution in [0.25, 0.3) is 0 Å². The smallest absolute Gasteiger partial charge is 0.300 e. The van der Waals surface area contributed by atoms with Crippen LogP contribution < -0.4 is 0 Å². The molecule has 0 aromatic rings. The number of amides is 12. The van der Waals surface area contributed by atoms with E-state index in [0.29, 0.717) is 142 Å². The Labute approximate surface area is 443 Å². The van der Waals surface area contributed by atoms with Gasteiger partial charge in [-0.1, -0.05) is 50.1 Å². The minimum Gasteiger partial charge on any atom is -0.300 e. The first-order chi connectivity index (χ1) is 32.0. The first kappa shape index (κ1) is 54.8. The van der Waals surface area contributed by atoms with Gasteiger partial charge in [-0.05, 0) is 6.42 Å². The lowest BCUT2D eigenvalue weighted by atomic mass is 10.3. The Balaban J connectivity index is 1.04. The Kier molecular flexibility index (Phi) is 21.8. The number of carbonyl (C=O) groups is 6. The van der Waals surface area contributed by atoms with E-state index in [1.165, 1.54) is 0 Å². The molecule has 0 radical (unpaired) electrons. The average Bonchev–Trinajstić information content (AvgIpc) is 4.05. The number of hydrogen-bond donors (Lipinski definition) is 7. The van der Waals surface area contributed by atoms with Crippen molar-refractivity contribution in [1.82, 2.24) is 58.8 Å². The molecule has 29 heteroatoms. The van der Waals surface area contributed by atoms with Crippen molar-refractivity contribution in [3.8, 4) is 0 Å². The van der Waals surface area contributed by atoms with E-state index < -0.39 is 30.8 Å². The molecule has 66 heavy (non-hydrogen) atoms. The quantitative estimate of drug-likeness (QED) is 0.0321. The van der Waals surface area contributed by atoms with Crippen molar-refractivity contribution in [2.45, 2.75) is 50.3 Å². The second-order valence-electron chi connectivity index (χ2n) is 15.9. The molecule has 0 aromatic heterocycles. The molecule has 12 amide bonds. The van der Waals surface area contributed by atoms with Gasteiger partial charge in [0.05, 0.1) is 0 Å². The fourth-order valence-corrected chi connectivity index (χ4v) is 15.2. The highest BCUT2D eigenvalue weighted by Gasteiger charge is 2.61. The normalized spacial score (nSPS) is 25.3. The fourth-order valence-electron chi connectivity index (χ4n) is 9.80. The Bertz CT molecular complexity index is 1590. The van der Waals surface area contributed by atoms with E-state index >= 15 is 0 Å². The molecule has 6 unspecified atom stereocenters. The van der Waals surface area contributed by atoms with Crippen molar-refractivity contribution in [3.63, 3.8) is 0 Å². The predicted molar refractivity (Wildman–Crippen MR) is 293 cm³/mol. The molecular weight excluding hydrogens is 1060 g/mol. The standard InChI is InChI=1S/C37H64N12O6S11/c1-2-3-38-26-29(44(9-20-61)32(38)50)46(34(52)39(26)4-15-56)11-22-63-65-24-13-48-31-28(42(7-18-59)36(48)54)43(8-19-60)37(55)49(31)14-25-66-64-23-12-47-30-27(41(6-17-58)35(47)53)40(5-16-57)33(51)45(30)10-21-62/h26-31,56-62H,2-25H2,1H3. The number of fused-ring (bicyclic) bond motifs is 3. The molecule has 0 aromatic carbocycles. The summed E-state index contributed by atoms with van der Waals surface area (Å²) < 4.78 is 0. The van der Waals surface area contributed by atoms with Gasteiger partial charge in [-0.2, -0.15) is 88.4 Å². The molecule has 0 aliphatic carbocycles. The van der Waals surface area contributed by atoms with E-state index in [4.69, 9.17) is 0 Å². The van der Waals surface area contributed by atoms with E-state index in [9.17, 15) is 28.8 Å². The summed E-state index contributed by atoms with van der Waals surface area (Å²) in [5.41, 5.74) is 0. The summed E-state index contributed by atoms with van der Waals surface area (Å²) in [6.07, 6.45) is -1.79. The average molecular weight is 1130 g/mol. The van der Waals surface area contributed by atoms with Gasteiger partial charge in [0.1, 0.15) is 37.0 Å². The van der Waals surface area contributed by atoms with E-state index in [0.717, 1.165) is 6.42 Å². The third kappa shape index (κ3) is 11.1. The summed E-state index contributed by atoms with van der Waals surface area (Å²) in [6, 6.07) is -0.681. The summed E-state index contributed by atoms with van der Waals surface area (Å²) >= 11 is 31.0. The molecule has 374 valence electrons. The van der Waals surface area contributed by atoms with Crippen LogP contribution in [0.15, 0.2) is 0 Å². The van der Waals surface area contributed by atoms with Crippen LogP contribution in [0.5, 0.6) is 0 Å². The van der Waals surface area contributed by atoms with E-state index in [1.54, 1.807) is 82.4 Å². The predicted octanol–water partition coefficient (Wildman–Crippen LogP) is 4.05. The van der Waals surface area contributed by atoms with Gasteiger partial charge in [0, 0.05) is 142 Å². The molecule has 6 aliphatic heterocycles. The number of hydrogen-bond acceptors (Lipinski definition) is 17. The lowest BCUT2D eigenvalue weighted by Crippen LogP contribution is -2.48. The van der Waals surface area contributed by atoms with Gasteiger partial charge in [0.15, 0.2) is 0 Å². The Hall–Kier alpha value is -0.530. The van der Waals surface area contributed by atoms with Gasteiger partial charge in [0.2, 0.25) is 0 Å². The SMILES string of the molecule is CCCN1C(=O)N(CCS)C2C1N(CCS)C(=O)N2CCSSCCN1C(=O)N(CCS)C2C1N(CCSSCCN1C(=O)N(CCS)C3C1N(CCS)C(=O)N3CCS)C(=O)N2CCS. The van der Waals surface area contributed by atoms with Crippen LogP contribution in [-0.4, -0.2) is 274 Å². The zero-order valence-electron chi connectivity index (χ0n) is 37.0. The molecular formula is C37H64N12O6S11. The number of rotatable bonds is 30. The monoisotopic (exact) mass is 1120 g/mol. The molecule has 18 nitrogen and oxygen atoms in total. The van der Waals surface area contributed by atoms with Crippen LogP contribution in [0, 0.1) is 0 Å². The lowest BCUT2D eigenvalue weighted by molar-refractivity contribution is 0.132. The van der Waals surface area contributed by atoms with Crippen LogP contribution in [0.4, 0.5) is 28.8 Å². The molecule has 6 saturated heterocycles. The molecule has 6 aliphatic rings. The number of thiol groups is 7. The van der Waals surface area contributed by atoms with Crippen molar-refractivity contribution in [2.24, 2.45) is 0 Å². The minimum absolute atomic E-state index is 0.0719. The molecule has 6 rings (SSSR count).